The van der Waals surface area contributed by atoms with E-state index in [9.17, 15) is 14.4 Å². The summed E-state index contributed by atoms with van der Waals surface area (Å²) >= 11 is 0. The summed E-state index contributed by atoms with van der Waals surface area (Å²) in [7, 11) is 2.79. The molecule has 2 rings (SSSR count). The third kappa shape index (κ3) is 7.64. The fraction of sp³-hybridized carbons (Fsp3) is 0.348. The highest BCUT2D eigenvalue weighted by molar-refractivity contribution is 5.92. The molecule has 0 heterocycles. The topological polar surface area (TPSA) is 125 Å². The molecule has 0 saturated heterocycles. The van der Waals surface area contributed by atoms with E-state index in [1.165, 1.54) is 54.0 Å². The normalized spacial score (nSPS) is 11.2. The summed E-state index contributed by atoms with van der Waals surface area (Å²) in [4.78, 5) is 56.0. The molecule has 0 aliphatic carbocycles. The van der Waals surface area contributed by atoms with Crippen molar-refractivity contribution >= 4 is 18.1 Å². The third-order valence-electron chi connectivity index (χ3n) is 3.95. The van der Waals surface area contributed by atoms with Gasteiger partial charge in [0, 0.05) is 27.7 Å². The summed E-state index contributed by atoms with van der Waals surface area (Å²) in [5, 5.41) is 0. The fourth-order valence-electron chi connectivity index (χ4n) is 2.45. The lowest BCUT2D eigenvalue weighted by molar-refractivity contribution is -0.391. The number of hydrogen-bond donors (Lipinski definition) is 0. The van der Waals surface area contributed by atoms with Crippen LogP contribution < -0.4 is 9.47 Å². The standard InChI is InChI=1S/C23H26O11/c1-22(2,33-31-19(24)15-11-7-9-13-17(15)27-5)29-21(26)30-23(3,4)34-32-20(25)16-12-8-10-14-18(16)28-6/h7-14H,1-6H3. The molecule has 0 atom stereocenters. The minimum absolute atomic E-state index is 0.106. The second kappa shape index (κ2) is 11.3. The van der Waals surface area contributed by atoms with Crippen LogP contribution in [0.5, 0.6) is 11.5 Å². The molecule has 0 spiro atoms. The Morgan fingerprint density at radius 3 is 1.32 bits per heavy atom. The number of benzene rings is 2. The molecule has 184 valence electrons. The van der Waals surface area contributed by atoms with Crippen LogP contribution in [0.15, 0.2) is 48.5 Å². The highest BCUT2D eigenvalue weighted by atomic mass is 17.3. The van der Waals surface area contributed by atoms with E-state index in [2.05, 4.69) is 0 Å². The van der Waals surface area contributed by atoms with Crippen LogP contribution in [0, 0.1) is 0 Å². The van der Waals surface area contributed by atoms with Gasteiger partial charge in [0.05, 0.1) is 14.2 Å². The van der Waals surface area contributed by atoms with E-state index >= 15 is 0 Å². The number of rotatable bonds is 10. The van der Waals surface area contributed by atoms with Gasteiger partial charge in [-0.3, -0.25) is 9.78 Å². The lowest BCUT2D eigenvalue weighted by atomic mass is 10.2. The zero-order chi connectivity index (χ0) is 25.4. The van der Waals surface area contributed by atoms with Gasteiger partial charge in [-0.2, -0.15) is 0 Å². The summed E-state index contributed by atoms with van der Waals surface area (Å²) in [6, 6.07) is 12.7. The maximum absolute atomic E-state index is 12.2. The monoisotopic (exact) mass is 478 g/mol. The minimum Gasteiger partial charge on any atom is -0.496 e. The minimum atomic E-state index is -1.74. The highest BCUT2D eigenvalue weighted by Gasteiger charge is 2.34. The molecule has 0 fully saturated rings. The predicted molar refractivity (Wildman–Crippen MR) is 115 cm³/mol. The zero-order valence-corrected chi connectivity index (χ0v) is 19.6. The zero-order valence-electron chi connectivity index (χ0n) is 19.6. The van der Waals surface area contributed by atoms with Gasteiger partial charge in [0.15, 0.2) is 0 Å². The number of hydrogen-bond acceptors (Lipinski definition) is 11. The second-order valence-electron chi connectivity index (χ2n) is 7.56. The largest absolute Gasteiger partial charge is 0.513 e. The number of ether oxygens (including phenoxy) is 4. The molecule has 2 aromatic rings. The van der Waals surface area contributed by atoms with Gasteiger partial charge in [0.1, 0.15) is 22.6 Å². The summed E-state index contributed by atoms with van der Waals surface area (Å²) in [5.74, 6) is -4.66. The quantitative estimate of drug-likeness (QED) is 0.211. The molecular formula is C23H26O11. The highest BCUT2D eigenvalue weighted by Crippen LogP contribution is 2.23. The molecule has 0 aliphatic heterocycles. The van der Waals surface area contributed by atoms with Crippen molar-refractivity contribution in [3.8, 4) is 11.5 Å². The molecule has 0 N–H and O–H groups in total. The number of carbonyl (C=O) groups excluding carboxylic acids is 3. The van der Waals surface area contributed by atoms with Gasteiger partial charge < -0.3 is 18.9 Å². The first kappa shape index (κ1) is 26.4. The molecular weight excluding hydrogens is 452 g/mol. The molecule has 0 amide bonds. The SMILES string of the molecule is COc1ccccc1C(=O)OOC(C)(C)OC(=O)OC(C)(C)OOC(=O)c1ccccc1OC. The van der Waals surface area contributed by atoms with Gasteiger partial charge in [-0.1, -0.05) is 24.3 Å². The molecule has 0 unspecified atom stereocenters. The van der Waals surface area contributed by atoms with Gasteiger partial charge in [-0.05, 0) is 24.3 Å². The van der Waals surface area contributed by atoms with Crippen molar-refractivity contribution in [2.75, 3.05) is 14.2 Å². The molecule has 0 bridgehead atoms. The van der Waals surface area contributed by atoms with Crippen LogP contribution >= 0.6 is 0 Å². The molecule has 2 aromatic carbocycles. The van der Waals surface area contributed by atoms with Crippen LogP contribution in [0.4, 0.5) is 4.79 Å². The van der Waals surface area contributed by atoms with E-state index in [0.29, 0.717) is 0 Å². The molecule has 11 nitrogen and oxygen atoms in total. The first-order valence-electron chi connectivity index (χ1n) is 9.96. The first-order chi connectivity index (χ1) is 16.0. The second-order valence-corrected chi connectivity index (χ2v) is 7.56. The van der Waals surface area contributed by atoms with Crippen molar-refractivity contribution in [1.82, 2.24) is 0 Å². The van der Waals surface area contributed by atoms with Crippen molar-refractivity contribution in [3.63, 3.8) is 0 Å². The summed E-state index contributed by atoms with van der Waals surface area (Å²) in [5.41, 5.74) is 0.213. The smallest absolute Gasteiger partial charge is 0.496 e. The molecule has 34 heavy (non-hydrogen) atoms. The summed E-state index contributed by atoms with van der Waals surface area (Å²) in [6.45, 7) is 5.22. The van der Waals surface area contributed by atoms with Crippen molar-refractivity contribution < 1.29 is 52.9 Å². The molecule has 11 heteroatoms. The lowest BCUT2D eigenvalue weighted by Gasteiger charge is -2.26. The van der Waals surface area contributed by atoms with Crippen molar-refractivity contribution in [1.29, 1.82) is 0 Å². The summed E-state index contributed by atoms with van der Waals surface area (Å²) in [6.07, 6.45) is -1.25. The van der Waals surface area contributed by atoms with Gasteiger partial charge >= 0.3 is 18.1 Å². The molecule has 0 aliphatic rings. The Hall–Kier alpha value is -3.83. The van der Waals surface area contributed by atoms with Gasteiger partial charge in [-0.15, -0.1) is 9.78 Å². The van der Waals surface area contributed by atoms with E-state index in [1.807, 2.05) is 0 Å². The molecule has 0 radical (unpaired) electrons. The van der Waals surface area contributed by atoms with Crippen LogP contribution in [0.25, 0.3) is 0 Å². The first-order valence-corrected chi connectivity index (χ1v) is 9.96. The van der Waals surface area contributed by atoms with Gasteiger partial charge in [-0.25, -0.2) is 14.4 Å². The van der Waals surface area contributed by atoms with Crippen LogP contribution in [0.1, 0.15) is 48.4 Å². The van der Waals surface area contributed by atoms with Gasteiger partial charge in [0.25, 0.3) is 11.6 Å². The Bertz CT molecular complexity index is 934. The van der Waals surface area contributed by atoms with Crippen LogP contribution in [0.2, 0.25) is 0 Å². The number of para-hydroxylation sites is 2. The van der Waals surface area contributed by atoms with E-state index < -0.39 is 29.7 Å². The maximum atomic E-state index is 12.2. The number of methoxy groups -OCH3 is 2. The number of carbonyl (C=O) groups is 3. The molecule has 0 saturated carbocycles. The van der Waals surface area contributed by atoms with Gasteiger partial charge in [0.2, 0.25) is 0 Å². The fourth-order valence-corrected chi connectivity index (χ4v) is 2.45. The van der Waals surface area contributed by atoms with E-state index in [-0.39, 0.29) is 22.6 Å². The lowest BCUT2D eigenvalue weighted by Crippen LogP contribution is -2.38. The Balaban J connectivity index is 1.87. The van der Waals surface area contributed by atoms with E-state index in [4.69, 9.17) is 38.5 Å². The van der Waals surface area contributed by atoms with E-state index in [0.717, 1.165) is 0 Å². The van der Waals surface area contributed by atoms with Crippen LogP contribution in [0.3, 0.4) is 0 Å². The van der Waals surface area contributed by atoms with Crippen molar-refractivity contribution in [2.24, 2.45) is 0 Å². The van der Waals surface area contributed by atoms with Crippen LogP contribution in [-0.2, 0) is 29.0 Å². The Labute approximate surface area is 196 Å². The average molecular weight is 478 g/mol. The van der Waals surface area contributed by atoms with Crippen molar-refractivity contribution in [2.45, 2.75) is 39.3 Å². The van der Waals surface area contributed by atoms with Crippen molar-refractivity contribution in [3.05, 3.63) is 59.7 Å². The molecule has 0 aromatic heterocycles. The average Bonchev–Trinajstić information content (AvgIpc) is 2.80. The summed E-state index contributed by atoms with van der Waals surface area (Å²) < 4.78 is 20.2. The maximum Gasteiger partial charge on any atom is 0.513 e. The van der Waals surface area contributed by atoms with Crippen LogP contribution in [-0.4, -0.2) is 43.9 Å². The Morgan fingerprint density at radius 2 is 0.971 bits per heavy atom. The predicted octanol–water partition coefficient (Wildman–Crippen LogP) is 4.21. The van der Waals surface area contributed by atoms with E-state index in [1.54, 1.807) is 36.4 Å². The Morgan fingerprint density at radius 1 is 0.618 bits per heavy atom. The third-order valence-corrected chi connectivity index (χ3v) is 3.95. The Kier molecular flexibility index (Phi) is 8.82.